The van der Waals surface area contributed by atoms with Crippen molar-refractivity contribution in [3.05, 3.63) is 22.8 Å². The number of thiol groups is 1. The molecular weight excluding hydrogens is 552 g/mol. The molecule has 6 rings (SSSR count). The molecule has 0 amide bonds. The average molecular weight is 609 g/mol. The molecule has 0 heterocycles. The molecule has 6 aliphatic rings. The summed E-state index contributed by atoms with van der Waals surface area (Å²) in [6.07, 6.45) is 15.5. The van der Waals surface area contributed by atoms with E-state index in [0.717, 1.165) is 19.3 Å². The van der Waals surface area contributed by atoms with Crippen molar-refractivity contribution in [3.63, 3.8) is 0 Å². The quantitative estimate of drug-likeness (QED) is 0.198. The molecule has 0 aromatic rings. The zero-order chi connectivity index (χ0) is 28.9. The minimum Gasteiger partial charge on any atom is -0.850 e. The van der Waals surface area contributed by atoms with Crippen molar-refractivity contribution < 1.29 is 65.4 Å². The van der Waals surface area contributed by atoms with Crippen molar-refractivity contribution in [2.45, 2.75) is 131 Å². The molecule has 5 fully saturated rings. The topological polar surface area (TPSA) is 41.5 Å². The van der Waals surface area contributed by atoms with Crippen LogP contribution >= 0.6 is 12.9 Å². The summed E-state index contributed by atoms with van der Waals surface area (Å²) in [6, 6.07) is 0. The molecule has 226 valence electrons. The minimum absolute atomic E-state index is 0. The molecule has 3 nitrogen and oxygen atoms in total. The first-order valence-corrected chi connectivity index (χ1v) is 17.0. The van der Waals surface area contributed by atoms with Gasteiger partial charge in [0, 0.05) is 12.5 Å². The van der Waals surface area contributed by atoms with Gasteiger partial charge in [0.05, 0.1) is 12.7 Å². The van der Waals surface area contributed by atoms with Gasteiger partial charge in [-0.3, -0.25) is 0 Å². The monoisotopic (exact) mass is 608 g/mol. The predicted molar refractivity (Wildman–Crippen MR) is 165 cm³/mol. The number of hydrogen-bond donors (Lipinski definition) is 1. The van der Waals surface area contributed by atoms with Crippen LogP contribution in [-0.4, -0.2) is 25.9 Å². The molecule has 0 aromatic heterocycles. The van der Waals surface area contributed by atoms with E-state index in [1.54, 1.807) is 7.11 Å². The number of allylic oxidation sites excluding steroid dienone is 4. The van der Waals surface area contributed by atoms with E-state index in [1.807, 2.05) is 16.7 Å². The molecule has 0 aromatic carbocycles. The van der Waals surface area contributed by atoms with Crippen molar-refractivity contribution in [2.24, 2.45) is 56.7 Å². The summed E-state index contributed by atoms with van der Waals surface area (Å²) in [5, 5.41) is 13.8. The Kier molecular flexibility index (Phi) is 9.49. The number of hydrogen-bond acceptors (Lipinski definition) is 4. The SMILES string of the molecule is COC1C([O-])CC2(C)C3CC=C4C5CC(C)(C)CCC5(C(=C5CC5)C(C)C)CCC4C3(C)CCC2C1(C)COS.[K+]. The van der Waals surface area contributed by atoms with Crippen LogP contribution in [0.2, 0.25) is 0 Å². The van der Waals surface area contributed by atoms with Crippen LogP contribution in [0.1, 0.15) is 119 Å². The Hall–Kier alpha value is 1.35. The summed E-state index contributed by atoms with van der Waals surface area (Å²) in [6.45, 7) is 17.9. The Balaban J connectivity index is 0.00000337. The molecule has 5 heteroatoms. The second kappa shape index (κ2) is 11.5. The van der Waals surface area contributed by atoms with Crippen LogP contribution in [0.25, 0.3) is 0 Å². The standard InChI is InChI=1S/C36H57O3S.K/c1-22(2)30(23-9-10-23)36-16-13-25-24(26(36)19-32(3,4)17-18-36)11-12-28-33(25,5)15-14-29-34(28,6)20-27(37)31(38-8)35(29,7)21-39-40;/h11,22,25-29,31,40H,9-10,12-21H2,1-8H3;/q-1;+1. The van der Waals surface area contributed by atoms with Gasteiger partial charge in [-0.15, -0.1) is 0 Å². The van der Waals surface area contributed by atoms with E-state index in [9.17, 15) is 5.11 Å². The Bertz CT molecular complexity index is 1080. The van der Waals surface area contributed by atoms with Gasteiger partial charge in [0.2, 0.25) is 0 Å². The third-order valence-corrected chi connectivity index (χ3v) is 14.3. The maximum absolute atomic E-state index is 13.8. The maximum atomic E-state index is 13.8. The summed E-state index contributed by atoms with van der Waals surface area (Å²) in [7, 11) is 1.72. The van der Waals surface area contributed by atoms with Crippen LogP contribution in [-0.2, 0) is 8.92 Å². The van der Waals surface area contributed by atoms with Gasteiger partial charge in [-0.05, 0) is 128 Å². The number of methoxy groups -OCH3 is 1. The minimum atomic E-state index is -0.718. The first-order chi connectivity index (χ1) is 18.8. The number of fused-ring (bicyclic) bond motifs is 7. The van der Waals surface area contributed by atoms with Gasteiger partial charge >= 0.3 is 51.4 Å². The van der Waals surface area contributed by atoms with E-state index in [4.69, 9.17) is 8.92 Å². The second-order valence-electron chi connectivity index (χ2n) is 17.1. The Labute approximate surface area is 299 Å². The van der Waals surface area contributed by atoms with E-state index in [-0.39, 0.29) is 73.7 Å². The van der Waals surface area contributed by atoms with Crippen LogP contribution < -0.4 is 56.5 Å². The number of ether oxygens (including phenoxy) is 1. The smallest absolute Gasteiger partial charge is 0.850 e. The van der Waals surface area contributed by atoms with Crippen LogP contribution in [0.3, 0.4) is 0 Å². The van der Waals surface area contributed by atoms with Gasteiger partial charge in [0.25, 0.3) is 0 Å². The van der Waals surface area contributed by atoms with E-state index in [2.05, 4.69) is 67.5 Å². The summed E-state index contributed by atoms with van der Waals surface area (Å²) in [5.74, 6) is 2.97. The molecule has 5 saturated carbocycles. The molecule has 41 heavy (non-hydrogen) atoms. The third kappa shape index (κ3) is 5.07. The zero-order valence-electron chi connectivity index (χ0n) is 27.8. The van der Waals surface area contributed by atoms with Gasteiger partial charge < -0.3 is 14.0 Å². The van der Waals surface area contributed by atoms with Gasteiger partial charge in [-0.25, -0.2) is 0 Å². The molecule has 6 aliphatic carbocycles. The third-order valence-electron chi connectivity index (χ3n) is 14.1. The first-order valence-electron chi connectivity index (χ1n) is 16.6. The first kappa shape index (κ1) is 33.7. The van der Waals surface area contributed by atoms with Crippen molar-refractivity contribution >= 4 is 12.9 Å². The Morgan fingerprint density at radius 1 is 0.951 bits per heavy atom. The van der Waals surface area contributed by atoms with Crippen molar-refractivity contribution in [3.8, 4) is 0 Å². The van der Waals surface area contributed by atoms with E-state index in [0.29, 0.717) is 47.0 Å². The zero-order valence-corrected chi connectivity index (χ0v) is 31.8. The fourth-order valence-electron chi connectivity index (χ4n) is 12.7. The second-order valence-corrected chi connectivity index (χ2v) is 17.4. The molecule has 0 N–H and O–H groups in total. The van der Waals surface area contributed by atoms with Gasteiger partial charge in [-0.2, -0.15) is 0 Å². The summed E-state index contributed by atoms with van der Waals surface area (Å²) in [4.78, 5) is 0. The van der Waals surface area contributed by atoms with Crippen molar-refractivity contribution in [2.75, 3.05) is 13.7 Å². The predicted octanol–water partition coefficient (Wildman–Crippen LogP) is 5.34. The molecule has 0 radical (unpaired) electrons. The molecule has 0 spiro atoms. The van der Waals surface area contributed by atoms with Crippen molar-refractivity contribution in [1.29, 1.82) is 0 Å². The molecule has 0 aliphatic heterocycles. The number of rotatable bonds is 5. The van der Waals surface area contributed by atoms with Crippen LogP contribution in [0.5, 0.6) is 0 Å². The van der Waals surface area contributed by atoms with E-state index < -0.39 is 6.10 Å². The van der Waals surface area contributed by atoms with Gasteiger partial charge in [0.15, 0.2) is 0 Å². The molecule has 10 atom stereocenters. The fraction of sp³-hybridized carbons (Fsp3) is 0.889. The van der Waals surface area contributed by atoms with E-state index in [1.165, 1.54) is 51.4 Å². The van der Waals surface area contributed by atoms with Gasteiger partial charge in [0.1, 0.15) is 0 Å². The average Bonchev–Trinajstić information content (AvgIpc) is 3.68. The summed E-state index contributed by atoms with van der Waals surface area (Å²) >= 11 is 4.19. The Morgan fingerprint density at radius 3 is 2.27 bits per heavy atom. The van der Waals surface area contributed by atoms with Crippen LogP contribution in [0.15, 0.2) is 22.8 Å². The van der Waals surface area contributed by atoms with Crippen LogP contribution in [0.4, 0.5) is 0 Å². The van der Waals surface area contributed by atoms with E-state index >= 15 is 0 Å². The largest absolute Gasteiger partial charge is 1.00 e. The van der Waals surface area contributed by atoms with Crippen LogP contribution in [0, 0.1) is 56.7 Å². The molecular formula is C36H57KO3S. The Morgan fingerprint density at radius 2 is 1.66 bits per heavy atom. The molecule has 0 bridgehead atoms. The normalized spacial score (nSPS) is 48.2. The maximum Gasteiger partial charge on any atom is 1.00 e. The molecule has 10 unspecified atom stereocenters. The summed E-state index contributed by atoms with van der Waals surface area (Å²) < 4.78 is 11.4. The summed E-state index contributed by atoms with van der Waals surface area (Å²) in [5.41, 5.74) is 6.29. The van der Waals surface area contributed by atoms with Gasteiger partial charge in [-0.1, -0.05) is 83.8 Å². The fourth-order valence-corrected chi connectivity index (χ4v) is 13.0. The van der Waals surface area contributed by atoms with Crippen molar-refractivity contribution in [1.82, 2.24) is 0 Å². The molecule has 0 saturated heterocycles.